The van der Waals surface area contributed by atoms with Crippen LogP contribution in [-0.4, -0.2) is 36.0 Å². The van der Waals surface area contributed by atoms with Gasteiger partial charge >= 0.3 is 0 Å². The van der Waals surface area contributed by atoms with Crippen molar-refractivity contribution >= 4 is 11.6 Å². The molecule has 0 aliphatic carbocycles. The van der Waals surface area contributed by atoms with Gasteiger partial charge in [-0.1, -0.05) is 12.1 Å². The zero-order chi connectivity index (χ0) is 13.9. The maximum Gasteiger partial charge on any atom is 0.220 e. The third-order valence-corrected chi connectivity index (χ3v) is 4.54. The Morgan fingerprint density at radius 2 is 2.25 bits per heavy atom. The monoisotopic (exact) mass is 273 g/mol. The predicted octanol–water partition coefficient (Wildman–Crippen LogP) is 1.55. The van der Waals surface area contributed by atoms with Crippen LogP contribution < -0.4 is 11.1 Å². The molecule has 2 saturated heterocycles. The molecule has 1 amide bonds. The van der Waals surface area contributed by atoms with Crippen LogP contribution in [0.3, 0.4) is 0 Å². The number of aryl methyl sites for hydroxylation is 1. The first-order valence-electron chi connectivity index (χ1n) is 7.60. The molecule has 4 nitrogen and oxygen atoms in total. The minimum atomic E-state index is 0.172. The van der Waals surface area contributed by atoms with Crippen molar-refractivity contribution in [2.45, 2.75) is 44.2 Å². The summed E-state index contributed by atoms with van der Waals surface area (Å²) < 4.78 is 0. The Kier molecular flexibility index (Phi) is 3.92. The number of carbonyl (C=O) groups excluding carboxylic acids is 1. The van der Waals surface area contributed by atoms with E-state index in [2.05, 4.69) is 10.2 Å². The van der Waals surface area contributed by atoms with E-state index < -0.39 is 0 Å². The number of rotatable bonds is 4. The van der Waals surface area contributed by atoms with Crippen LogP contribution >= 0.6 is 0 Å². The van der Waals surface area contributed by atoms with E-state index in [1.165, 1.54) is 19.4 Å². The van der Waals surface area contributed by atoms with Gasteiger partial charge in [-0.15, -0.1) is 0 Å². The molecule has 2 aliphatic rings. The molecule has 2 heterocycles. The number of fused-ring (bicyclic) bond motifs is 1. The number of benzene rings is 1. The van der Waals surface area contributed by atoms with Gasteiger partial charge in [0, 0.05) is 30.7 Å². The normalized spacial score (nSPS) is 25.6. The maximum absolute atomic E-state index is 12.1. The Morgan fingerprint density at radius 1 is 1.35 bits per heavy atom. The molecule has 108 valence electrons. The molecular formula is C16H23N3O. The van der Waals surface area contributed by atoms with E-state index >= 15 is 0 Å². The van der Waals surface area contributed by atoms with Gasteiger partial charge in [-0.25, -0.2) is 0 Å². The van der Waals surface area contributed by atoms with E-state index in [1.807, 2.05) is 24.3 Å². The summed E-state index contributed by atoms with van der Waals surface area (Å²) in [6, 6.07) is 8.74. The lowest BCUT2D eigenvalue weighted by molar-refractivity contribution is -0.121. The average Bonchev–Trinajstić information content (AvgIpc) is 3.02. The molecule has 0 bridgehead atoms. The van der Waals surface area contributed by atoms with Crippen molar-refractivity contribution in [3.05, 3.63) is 29.8 Å². The van der Waals surface area contributed by atoms with E-state index in [1.54, 1.807) is 0 Å². The van der Waals surface area contributed by atoms with Crippen LogP contribution in [0.4, 0.5) is 5.69 Å². The molecule has 2 atom stereocenters. The van der Waals surface area contributed by atoms with Crippen LogP contribution in [0.15, 0.2) is 24.3 Å². The van der Waals surface area contributed by atoms with Gasteiger partial charge in [0.1, 0.15) is 0 Å². The first-order valence-corrected chi connectivity index (χ1v) is 7.60. The second-order valence-electron chi connectivity index (χ2n) is 5.95. The number of nitrogens with one attached hydrogen (secondary N) is 1. The molecule has 4 heteroatoms. The third kappa shape index (κ3) is 2.96. The molecule has 20 heavy (non-hydrogen) atoms. The van der Waals surface area contributed by atoms with Gasteiger partial charge in [0.15, 0.2) is 0 Å². The van der Waals surface area contributed by atoms with E-state index in [0.717, 1.165) is 30.6 Å². The fourth-order valence-electron chi connectivity index (χ4n) is 3.54. The highest BCUT2D eigenvalue weighted by Gasteiger charge is 2.37. The van der Waals surface area contributed by atoms with E-state index in [-0.39, 0.29) is 5.91 Å². The quantitative estimate of drug-likeness (QED) is 0.818. The Labute approximate surface area is 120 Å². The van der Waals surface area contributed by atoms with Gasteiger partial charge < -0.3 is 11.1 Å². The fourth-order valence-corrected chi connectivity index (χ4v) is 3.54. The Bertz CT molecular complexity index is 488. The highest BCUT2D eigenvalue weighted by molar-refractivity contribution is 5.76. The van der Waals surface area contributed by atoms with Gasteiger partial charge in [-0.05, 0) is 49.9 Å². The van der Waals surface area contributed by atoms with Gasteiger partial charge in [0.25, 0.3) is 0 Å². The van der Waals surface area contributed by atoms with Gasteiger partial charge in [-0.3, -0.25) is 9.69 Å². The van der Waals surface area contributed by atoms with Crippen molar-refractivity contribution in [3.63, 3.8) is 0 Å². The Morgan fingerprint density at radius 3 is 3.10 bits per heavy atom. The summed E-state index contributed by atoms with van der Waals surface area (Å²) in [6.45, 7) is 2.35. The zero-order valence-corrected chi connectivity index (χ0v) is 11.8. The standard InChI is InChI=1S/C16H23N3O/c17-13-4-1-3-12(11-13)6-7-16(20)18-14-8-10-19-9-2-5-15(14)19/h1,3-4,11,14-15H,2,5-10,17H2,(H,18,20). The minimum Gasteiger partial charge on any atom is -0.399 e. The summed E-state index contributed by atoms with van der Waals surface area (Å²) in [5.74, 6) is 0.172. The average molecular weight is 273 g/mol. The smallest absolute Gasteiger partial charge is 0.220 e. The Balaban J connectivity index is 1.48. The van der Waals surface area contributed by atoms with Gasteiger partial charge in [-0.2, -0.15) is 0 Å². The molecule has 0 spiro atoms. The number of amides is 1. The maximum atomic E-state index is 12.1. The van der Waals surface area contributed by atoms with Crippen LogP contribution in [0.25, 0.3) is 0 Å². The summed E-state index contributed by atoms with van der Waals surface area (Å²) in [4.78, 5) is 14.6. The highest BCUT2D eigenvalue weighted by Crippen LogP contribution is 2.27. The van der Waals surface area contributed by atoms with E-state index in [0.29, 0.717) is 18.5 Å². The van der Waals surface area contributed by atoms with Crippen LogP contribution in [-0.2, 0) is 11.2 Å². The second kappa shape index (κ2) is 5.83. The van der Waals surface area contributed by atoms with Crippen molar-refractivity contribution in [2.24, 2.45) is 0 Å². The third-order valence-electron chi connectivity index (χ3n) is 4.54. The number of hydrogen-bond acceptors (Lipinski definition) is 3. The van der Waals surface area contributed by atoms with Crippen molar-refractivity contribution in [1.82, 2.24) is 10.2 Å². The lowest BCUT2D eigenvalue weighted by atomic mass is 10.1. The zero-order valence-electron chi connectivity index (χ0n) is 11.8. The van der Waals surface area contributed by atoms with Crippen LogP contribution in [0.5, 0.6) is 0 Å². The number of anilines is 1. The molecule has 3 rings (SSSR count). The SMILES string of the molecule is Nc1cccc(CCC(=O)NC2CCN3CCCC23)c1. The predicted molar refractivity (Wildman–Crippen MR) is 80.3 cm³/mol. The van der Waals surface area contributed by atoms with Gasteiger partial charge in [0.05, 0.1) is 0 Å². The summed E-state index contributed by atoms with van der Waals surface area (Å²) in [5, 5.41) is 3.22. The van der Waals surface area contributed by atoms with Crippen molar-refractivity contribution < 1.29 is 4.79 Å². The topological polar surface area (TPSA) is 58.4 Å². The minimum absolute atomic E-state index is 0.172. The van der Waals surface area contributed by atoms with Gasteiger partial charge in [0.2, 0.25) is 5.91 Å². The van der Waals surface area contributed by atoms with Crippen molar-refractivity contribution in [1.29, 1.82) is 0 Å². The second-order valence-corrected chi connectivity index (χ2v) is 5.95. The Hall–Kier alpha value is -1.55. The molecular weight excluding hydrogens is 250 g/mol. The summed E-state index contributed by atoms with van der Waals surface area (Å²) in [6.07, 6.45) is 4.93. The van der Waals surface area contributed by atoms with E-state index in [4.69, 9.17) is 5.73 Å². The number of hydrogen-bond donors (Lipinski definition) is 2. The lowest BCUT2D eigenvalue weighted by Crippen LogP contribution is -2.42. The first-order chi connectivity index (χ1) is 9.72. The molecule has 3 N–H and O–H groups in total. The van der Waals surface area contributed by atoms with Crippen LogP contribution in [0, 0.1) is 0 Å². The first kappa shape index (κ1) is 13.4. The molecule has 2 aliphatic heterocycles. The number of nitrogens with zero attached hydrogens (tertiary/aromatic N) is 1. The molecule has 2 fully saturated rings. The lowest BCUT2D eigenvalue weighted by Gasteiger charge is -2.21. The summed E-state index contributed by atoms with van der Waals surface area (Å²) >= 11 is 0. The number of nitrogen functional groups attached to an aromatic ring is 1. The number of nitrogens with two attached hydrogens (primary N) is 1. The van der Waals surface area contributed by atoms with Crippen molar-refractivity contribution in [3.8, 4) is 0 Å². The van der Waals surface area contributed by atoms with Crippen LogP contribution in [0.2, 0.25) is 0 Å². The largest absolute Gasteiger partial charge is 0.399 e. The van der Waals surface area contributed by atoms with Crippen molar-refractivity contribution in [2.75, 3.05) is 18.8 Å². The molecule has 0 aromatic heterocycles. The molecule has 2 unspecified atom stereocenters. The summed E-state index contributed by atoms with van der Waals surface area (Å²) in [7, 11) is 0. The summed E-state index contributed by atoms with van der Waals surface area (Å²) in [5.41, 5.74) is 7.65. The fraction of sp³-hybridized carbons (Fsp3) is 0.562. The number of carbonyl (C=O) groups is 1. The van der Waals surface area contributed by atoms with E-state index in [9.17, 15) is 4.79 Å². The molecule has 1 aromatic carbocycles. The molecule has 0 radical (unpaired) electrons. The molecule has 1 aromatic rings. The van der Waals surface area contributed by atoms with Crippen LogP contribution in [0.1, 0.15) is 31.2 Å². The highest BCUT2D eigenvalue weighted by atomic mass is 16.1. The molecule has 0 saturated carbocycles.